The van der Waals surface area contributed by atoms with Crippen molar-refractivity contribution < 1.29 is 19.2 Å². The smallest absolute Gasteiger partial charge is 0.306 e. The molecule has 0 fully saturated rings. The Morgan fingerprint density at radius 2 is 2.16 bits per heavy atom. The van der Waals surface area contributed by atoms with Crippen LogP contribution in [-0.4, -0.2) is 35.3 Å². The Bertz CT molecular complexity index is 489. The molecule has 0 radical (unpaired) electrons. The molecule has 19 heavy (non-hydrogen) atoms. The van der Waals surface area contributed by atoms with Crippen LogP contribution in [0.3, 0.4) is 0 Å². The van der Waals surface area contributed by atoms with E-state index in [2.05, 4.69) is 4.74 Å². The molecule has 0 saturated heterocycles. The zero-order chi connectivity index (χ0) is 14.3. The third-order valence-corrected chi connectivity index (χ3v) is 3.25. The quantitative estimate of drug-likeness (QED) is 0.250. The van der Waals surface area contributed by atoms with Crippen LogP contribution in [0.5, 0.6) is 0 Å². The minimum atomic E-state index is -0.540. The summed E-state index contributed by atoms with van der Waals surface area (Å²) in [5.41, 5.74) is 0.199. The number of nitro groups is 1. The number of ether oxygens (including phenoxy) is 1. The van der Waals surface area contributed by atoms with E-state index in [9.17, 15) is 19.7 Å². The van der Waals surface area contributed by atoms with E-state index >= 15 is 0 Å². The first-order valence-corrected chi connectivity index (χ1v) is 6.62. The van der Waals surface area contributed by atoms with Crippen LogP contribution in [-0.2, 0) is 9.53 Å². The van der Waals surface area contributed by atoms with Gasteiger partial charge in [0.1, 0.15) is 0 Å². The summed E-state index contributed by atoms with van der Waals surface area (Å²) in [4.78, 5) is 32.7. The Labute approximate surface area is 114 Å². The molecule has 0 bridgehead atoms. The summed E-state index contributed by atoms with van der Waals surface area (Å²) in [6, 6.07) is 5.60. The van der Waals surface area contributed by atoms with Crippen LogP contribution in [0.25, 0.3) is 0 Å². The number of Topliss-reactive ketones (excluding diaryl/α,β-unsaturated/α-hetero) is 1. The Morgan fingerprint density at radius 1 is 1.42 bits per heavy atom. The van der Waals surface area contributed by atoms with Gasteiger partial charge in [-0.05, 0) is 0 Å². The number of hydrogen-bond acceptors (Lipinski definition) is 6. The predicted molar refractivity (Wildman–Crippen MR) is 71.4 cm³/mol. The number of hydrogen-bond donors (Lipinski definition) is 0. The van der Waals surface area contributed by atoms with Crippen LogP contribution >= 0.6 is 11.8 Å². The lowest BCUT2D eigenvalue weighted by Gasteiger charge is -2.01. The highest BCUT2D eigenvalue weighted by molar-refractivity contribution is 8.00. The topological polar surface area (TPSA) is 86.5 Å². The number of rotatable bonds is 7. The number of carbonyl (C=O) groups excluding carboxylic acids is 2. The molecule has 0 unspecified atom stereocenters. The SMILES string of the molecule is COC(=O)CCSCC(=O)c1cccc([N+](=O)[O-])c1. The predicted octanol–water partition coefficient (Wildman–Crippen LogP) is 2.07. The Kier molecular flexibility index (Phi) is 6.01. The molecule has 0 atom stereocenters. The maximum atomic E-state index is 11.8. The highest BCUT2D eigenvalue weighted by Crippen LogP contribution is 2.15. The first-order valence-electron chi connectivity index (χ1n) is 5.47. The van der Waals surface area contributed by atoms with Crippen LogP contribution in [0.15, 0.2) is 24.3 Å². The molecule has 102 valence electrons. The number of carbonyl (C=O) groups is 2. The molecule has 0 heterocycles. The first kappa shape index (κ1) is 15.2. The van der Waals surface area contributed by atoms with E-state index in [-0.39, 0.29) is 29.6 Å². The highest BCUT2D eigenvalue weighted by Gasteiger charge is 2.11. The second-order valence-corrected chi connectivity index (χ2v) is 4.71. The third kappa shape index (κ3) is 5.09. The molecular weight excluding hydrogens is 270 g/mol. The second kappa shape index (κ2) is 7.52. The standard InChI is InChI=1S/C12H13NO5S/c1-18-12(15)5-6-19-8-11(14)9-3-2-4-10(7-9)13(16)17/h2-4,7H,5-6,8H2,1H3. The molecule has 1 rings (SSSR count). The molecule has 1 aromatic carbocycles. The minimum absolute atomic E-state index is 0.106. The summed E-state index contributed by atoms with van der Waals surface area (Å²) in [6.45, 7) is 0. The van der Waals surface area contributed by atoms with Gasteiger partial charge < -0.3 is 4.74 Å². The largest absolute Gasteiger partial charge is 0.469 e. The summed E-state index contributed by atoms with van der Waals surface area (Å²) in [6.07, 6.45) is 0.239. The molecule has 0 amide bonds. The number of non-ortho nitro benzene ring substituents is 1. The van der Waals surface area contributed by atoms with E-state index in [0.29, 0.717) is 11.3 Å². The second-order valence-electron chi connectivity index (χ2n) is 3.61. The maximum Gasteiger partial charge on any atom is 0.306 e. The first-order chi connectivity index (χ1) is 9.04. The lowest BCUT2D eigenvalue weighted by molar-refractivity contribution is -0.384. The number of ketones is 1. The lowest BCUT2D eigenvalue weighted by Crippen LogP contribution is -2.06. The number of benzene rings is 1. The van der Waals surface area contributed by atoms with Gasteiger partial charge in [-0.1, -0.05) is 12.1 Å². The van der Waals surface area contributed by atoms with Crippen molar-refractivity contribution in [2.45, 2.75) is 6.42 Å². The molecule has 0 N–H and O–H groups in total. The van der Waals surface area contributed by atoms with E-state index < -0.39 is 4.92 Å². The van der Waals surface area contributed by atoms with Crippen molar-refractivity contribution in [3.63, 3.8) is 0 Å². The molecule has 6 nitrogen and oxygen atoms in total. The molecule has 0 aliphatic rings. The van der Waals surface area contributed by atoms with Crippen molar-refractivity contribution in [3.8, 4) is 0 Å². The maximum absolute atomic E-state index is 11.8. The molecule has 7 heteroatoms. The summed E-state index contributed by atoms with van der Waals surface area (Å²) in [5, 5.41) is 10.6. The Balaban J connectivity index is 2.47. The summed E-state index contributed by atoms with van der Waals surface area (Å²) < 4.78 is 4.47. The van der Waals surface area contributed by atoms with Crippen molar-refractivity contribution >= 4 is 29.2 Å². The van der Waals surface area contributed by atoms with Gasteiger partial charge in [-0.2, -0.15) is 11.8 Å². The van der Waals surface area contributed by atoms with Gasteiger partial charge in [0.25, 0.3) is 5.69 Å². The summed E-state index contributed by atoms with van der Waals surface area (Å²) in [7, 11) is 1.31. The molecule has 1 aromatic rings. The number of nitro benzene ring substituents is 1. The van der Waals surface area contributed by atoms with Gasteiger partial charge in [0.15, 0.2) is 5.78 Å². The van der Waals surface area contributed by atoms with E-state index in [1.807, 2.05) is 0 Å². The fourth-order valence-corrected chi connectivity index (χ4v) is 2.11. The van der Waals surface area contributed by atoms with Gasteiger partial charge in [-0.15, -0.1) is 0 Å². The lowest BCUT2D eigenvalue weighted by atomic mass is 10.1. The zero-order valence-corrected chi connectivity index (χ0v) is 11.1. The minimum Gasteiger partial charge on any atom is -0.469 e. The Morgan fingerprint density at radius 3 is 2.79 bits per heavy atom. The average Bonchev–Trinajstić information content (AvgIpc) is 2.43. The number of thioether (sulfide) groups is 1. The van der Waals surface area contributed by atoms with Gasteiger partial charge in [0.05, 0.1) is 24.2 Å². The van der Waals surface area contributed by atoms with Crippen molar-refractivity contribution in [3.05, 3.63) is 39.9 Å². The Hall–Kier alpha value is -1.89. The normalized spacial score (nSPS) is 9.95. The van der Waals surface area contributed by atoms with Crippen molar-refractivity contribution in [1.82, 2.24) is 0 Å². The van der Waals surface area contributed by atoms with Crippen LogP contribution in [0, 0.1) is 10.1 Å². The van der Waals surface area contributed by atoms with Crippen molar-refractivity contribution in [1.29, 1.82) is 0 Å². The average molecular weight is 283 g/mol. The van der Waals surface area contributed by atoms with E-state index in [1.165, 1.54) is 43.1 Å². The number of methoxy groups -OCH3 is 1. The highest BCUT2D eigenvalue weighted by atomic mass is 32.2. The van der Waals surface area contributed by atoms with Gasteiger partial charge >= 0.3 is 5.97 Å². The molecule has 0 aromatic heterocycles. The van der Waals surface area contributed by atoms with Gasteiger partial charge in [0, 0.05) is 23.4 Å². The summed E-state index contributed by atoms with van der Waals surface area (Å²) in [5.74, 6) is 0.139. The molecule has 0 aliphatic heterocycles. The zero-order valence-electron chi connectivity index (χ0n) is 10.3. The fourth-order valence-electron chi connectivity index (χ4n) is 1.30. The number of nitrogens with zero attached hydrogens (tertiary/aromatic N) is 1. The van der Waals surface area contributed by atoms with Crippen molar-refractivity contribution in [2.75, 3.05) is 18.6 Å². The van der Waals surface area contributed by atoms with E-state index in [4.69, 9.17) is 0 Å². The molecule has 0 aliphatic carbocycles. The van der Waals surface area contributed by atoms with Crippen LogP contribution < -0.4 is 0 Å². The molecular formula is C12H13NO5S. The summed E-state index contributed by atoms with van der Waals surface area (Å²) >= 11 is 1.29. The fraction of sp³-hybridized carbons (Fsp3) is 0.333. The molecule has 0 spiro atoms. The molecule has 0 saturated carbocycles. The van der Waals surface area contributed by atoms with Gasteiger partial charge in [-0.25, -0.2) is 0 Å². The monoisotopic (exact) mass is 283 g/mol. The van der Waals surface area contributed by atoms with Crippen LogP contribution in [0.2, 0.25) is 0 Å². The van der Waals surface area contributed by atoms with E-state index in [0.717, 1.165) is 0 Å². The van der Waals surface area contributed by atoms with Crippen LogP contribution in [0.1, 0.15) is 16.8 Å². The number of esters is 1. The van der Waals surface area contributed by atoms with E-state index in [1.54, 1.807) is 0 Å². The van der Waals surface area contributed by atoms with Gasteiger partial charge in [0.2, 0.25) is 0 Å². The van der Waals surface area contributed by atoms with Crippen LogP contribution in [0.4, 0.5) is 5.69 Å². The third-order valence-electron chi connectivity index (χ3n) is 2.29. The van der Waals surface area contributed by atoms with Gasteiger partial charge in [-0.3, -0.25) is 19.7 Å². The van der Waals surface area contributed by atoms with Crippen molar-refractivity contribution in [2.24, 2.45) is 0 Å².